The lowest BCUT2D eigenvalue weighted by Crippen LogP contribution is -2.34. The van der Waals surface area contributed by atoms with Crippen LogP contribution in [0, 0.1) is 11.8 Å². The van der Waals surface area contributed by atoms with Gasteiger partial charge in [0.25, 0.3) is 0 Å². The third kappa shape index (κ3) is 5.83. The van der Waals surface area contributed by atoms with Crippen molar-refractivity contribution in [2.24, 2.45) is 17.6 Å². The van der Waals surface area contributed by atoms with Gasteiger partial charge in [-0.2, -0.15) is 0 Å². The molecule has 0 aliphatic carbocycles. The van der Waals surface area contributed by atoms with Crippen LogP contribution in [0.5, 0.6) is 0 Å². The Kier molecular flexibility index (Phi) is 7.28. The van der Waals surface area contributed by atoms with Crippen LogP contribution < -0.4 is 11.1 Å². The number of piperidine rings is 1. The van der Waals surface area contributed by atoms with Gasteiger partial charge in [0, 0.05) is 12.5 Å². The summed E-state index contributed by atoms with van der Waals surface area (Å²) in [4.78, 5) is 14.2. The molecule has 4 nitrogen and oxygen atoms in total. The zero-order valence-corrected chi connectivity index (χ0v) is 12.0. The number of rotatable bonds is 7. The third-order valence-electron chi connectivity index (χ3n) is 3.98. The van der Waals surface area contributed by atoms with Crippen LogP contribution in [0.15, 0.2) is 0 Å². The third-order valence-corrected chi connectivity index (χ3v) is 3.98. The van der Waals surface area contributed by atoms with E-state index < -0.39 is 0 Å². The zero-order valence-electron chi connectivity index (χ0n) is 12.0. The van der Waals surface area contributed by atoms with Crippen molar-refractivity contribution in [2.45, 2.75) is 39.0 Å². The molecule has 0 saturated carbocycles. The molecule has 1 aliphatic rings. The Morgan fingerprint density at radius 2 is 2.11 bits per heavy atom. The summed E-state index contributed by atoms with van der Waals surface area (Å²) in [5.41, 5.74) is 5.45. The van der Waals surface area contributed by atoms with Gasteiger partial charge in [-0.3, -0.25) is 4.79 Å². The van der Waals surface area contributed by atoms with Gasteiger partial charge in [0.15, 0.2) is 0 Å². The molecule has 4 heteroatoms. The Labute approximate surface area is 111 Å². The normalized spacial score (nSPS) is 19.7. The van der Waals surface area contributed by atoms with E-state index in [1.807, 2.05) is 6.92 Å². The van der Waals surface area contributed by atoms with Crippen molar-refractivity contribution in [3.63, 3.8) is 0 Å². The number of carbonyl (C=O) groups excluding carboxylic acids is 1. The van der Waals surface area contributed by atoms with Crippen LogP contribution in [0.1, 0.15) is 39.0 Å². The van der Waals surface area contributed by atoms with Crippen molar-refractivity contribution in [3.8, 4) is 0 Å². The monoisotopic (exact) mass is 255 g/mol. The molecule has 1 unspecified atom stereocenters. The molecule has 1 fully saturated rings. The van der Waals surface area contributed by atoms with Gasteiger partial charge >= 0.3 is 0 Å². The fourth-order valence-corrected chi connectivity index (χ4v) is 2.48. The van der Waals surface area contributed by atoms with Crippen molar-refractivity contribution in [1.29, 1.82) is 0 Å². The van der Waals surface area contributed by atoms with Gasteiger partial charge in [0.1, 0.15) is 0 Å². The second kappa shape index (κ2) is 8.48. The minimum atomic E-state index is 0.103. The van der Waals surface area contributed by atoms with Crippen molar-refractivity contribution in [1.82, 2.24) is 10.2 Å². The Morgan fingerprint density at radius 3 is 2.72 bits per heavy atom. The molecule has 0 aromatic heterocycles. The first-order chi connectivity index (χ1) is 8.63. The molecule has 0 radical (unpaired) electrons. The van der Waals surface area contributed by atoms with Crippen LogP contribution in [-0.2, 0) is 4.79 Å². The van der Waals surface area contributed by atoms with Gasteiger partial charge in [-0.05, 0) is 64.7 Å². The number of nitrogens with zero attached hydrogens (tertiary/aromatic N) is 1. The molecule has 3 N–H and O–H groups in total. The first kappa shape index (κ1) is 15.4. The quantitative estimate of drug-likeness (QED) is 0.719. The Bertz CT molecular complexity index is 237. The molecule has 1 atom stereocenters. The number of hydrogen-bond donors (Lipinski definition) is 2. The van der Waals surface area contributed by atoms with Gasteiger partial charge in [-0.15, -0.1) is 0 Å². The van der Waals surface area contributed by atoms with Crippen LogP contribution in [0.4, 0.5) is 0 Å². The van der Waals surface area contributed by atoms with E-state index in [4.69, 9.17) is 5.73 Å². The molecular formula is C14H29N3O. The van der Waals surface area contributed by atoms with E-state index in [0.29, 0.717) is 6.54 Å². The van der Waals surface area contributed by atoms with E-state index in [1.54, 1.807) is 0 Å². The molecule has 0 aromatic carbocycles. The van der Waals surface area contributed by atoms with Crippen LogP contribution >= 0.6 is 0 Å². The van der Waals surface area contributed by atoms with Crippen molar-refractivity contribution in [3.05, 3.63) is 0 Å². The number of likely N-dealkylation sites (tertiary alicyclic amines) is 1. The molecule has 1 rings (SSSR count). The highest BCUT2D eigenvalue weighted by atomic mass is 16.1. The summed E-state index contributed by atoms with van der Waals surface area (Å²) in [6, 6.07) is 0. The van der Waals surface area contributed by atoms with E-state index in [1.165, 1.54) is 25.9 Å². The number of carbonyl (C=O) groups is 1. The summed E-state index contributed by atoms with van der Waals surface area (Å²) in [7, 11) is 2.18. The fraction of sp³-hybridized carbons (Fsp3) is 0.929. The lowest BCUT2D eigenvalue weighted by Gasteiger charge is -2.29. The van der Waals surface area contributed by atoms with E-state index in [9.17, 15) is 4.79 Å². The second-order valence-electron chi connectivity index (χ2n) is 5.66. The van der Waals surface area contributed by atoms with E-state index >= 15 is 0 Å². The Balaban J connectivity index is 2.08. The maximum Gasteiger partial charge on any atom is 0.222 e. The lowest BCUT2D eigenvalue weighted by atomic mass is 9.94. The zero-order chi connectivity index (χ0) is 13.4. The van der Waals surface area contributed by atoms with Gasteiger partial charge < -0.3 is 16.0 Å². The molecule has 1 aliphatic heterocycles. The summed E-state index contributed by atoms with van der Waals surface area (Å²) >= 11 is 0. The highest BCUT2D eigenvalue weighted by Crippen LogP contribution is 2.18. The average molecular weight is 255 g/mol. The molecule has 1 heterocycles. The number of amides is 1. The summed E-state index contributed by atoms with van der Waals surface area (Å²) < 4.78 is 0. The summed E-state index contributed by atoms with van der Waals surface area (Å²) in [5.74, 6) is 1.09. The van der Waals surface area contributed by atoms with Crippen molar-refractivity contribution >= 4 is 5.91 Å². The molecule has 18 heavy (non-hydrogen) atoms. The SMILES string of the molecule is CC(CCCN)C(=O)NCCC1CCN(C)CC1. The highest BCUT2D eigenvalue weighted by Gasteiger charge is 2.17. The average Bonchev–Trinajstić information content (AvgIpc) is 2.38. The Hall–Kier alpha value is -0.610. The standard InChI is InChI=1S/C14H29N3O/c1-12(4-3-8-15)14(18)16-9-5-13-6-10-17(2)11-7-13/h12-13H,3-11,15H2,1-2H3,(H,16,18). The topological polar surface area (TPSA) is 58.4 Å². The van der Waals surface area contributed by atoms with E-state index in [-0.39, 0.29) is 11.8 Å². The summed E-state index contributed by atoms with van der Waals surface area (Å²) in [5, 5.41) is 3.06. The lowest BCUT2D eigenvalue weighted by molar-refractivity contribution is -0.124. The van der Waals surface area contributed by atoms with Crippen LogP contribution in [0.25, 0.3) is 0 Å². The molecule has 1 saturated heterocycles. The number of nitrogens with one attached hydrogen (secondary N) is 1. The smallest absolute Gasteiger partial charge is 0.222 e. The first-order valence-electron chi connectivity index (χ1n) is 7.29. The molecule has 0 spiro atoms. The largest absolute Gasteiger partial charge is 0.356 e. The van der Waals surface area contributed by atoms with E-state index in [2.05, 4.69) is 17.3 Å². The number of hydrogen-bond acceptors (Lipinski definition) is 3. The fourth-order valence-electron chi connectivity index (χ4n) is 2.48. The molecular weight excluding hydrogens is 226 g/mol. The van der Waals surface area contributed by atoms with E-state index in [0.717, 1.165) is 31.7 Å². The van der Waals surface area contributed by atoms with Crippen LogP contribution in [0.3, 0.4) is 0 Å². The molecule has 1 amide bonds. The highest BCUT2D eigenvalue weighted by molar-refractivity contribution is 5.78. The summed E-state index contributed by atoms with van der Waals surface area (Å²) in [6.07, 6.45) is 5.51. The van der Waals surface area contributed by atoms with Gasteiger partial charge in [0.2, 0.25) is 5.91 Å². The molecule has 106 valence electrons. The van der Waals surface area contributed by atoms with Crippen LogP contribution in [-0.4, -0.2) is 44.0 Å². The molecule has 0 aromatic rings. The number of nitrogens with two attached hydrogens (primary N) is 1. The van der Waals surface area contributed by atoms with Crippen LogP contribution in [0.2, 0.25) is 0 Å². The van der Waals surface area contributed by atoms with Gasteiger partial charge in [-0.1, -0.05) is 6.92 Å². The van der Waals surface area contributed by atoms with Gasteiger partial charge in [0.05, 0.1) is 0 Å². The predicted molar refractivity (Wildman–Crippen MR) is 75.3 cm³/mol. The minimum absolute atomic E-state index is 0.103. The van der Waals surface area contributed by atoms with Crippen molar-refractivity contribution in [2.75, 3.05) is 33.2 Å². The van der Waals surface area contributed by atoms with Gasteiger partial charge in [-0.25, -0.2) is 0 Å². The maximum absolute atomic E-state index is 11.8. The second-order valence-corrected chi connectivity index (χ2v) is 5.66. The Morgan fingerprint density at radius 1 is 1.44 bits per heavy atom. The minimum Gasteiger partial charge on any atom is -0.356 e. The summed E-state index contributed by atoms with van der Waals surface area (Å²) in [6.45, 7) is 5.89. The van der Waals surface area contributed by atoms with Crippen molar-refractivity contribution < 1.29 is 4.79 Å². The first-order valence-corrected chi connectivity index (χ1v) is 7.29. The predicted octanol–water partition coefficient (Wildman–Crippen LogP) is 1.21. The molecule has 0 bridgehead atoms. The maximum atomic E-state index is 11.8.